The molecule has 0 radical (unpaired) electrons. The van der Waals surface area contributed by atoms with Crippen molar-refractivity contribution in [2.75, 3.05) is 31.1 Å². The maximum absolute atomic E-state index is 6.54. The molecule has 0 spiro atoms. The van der Waals surface area contributed by atoms with E-state index >= 15 is 0 Å². The molecule has 1 saturated heterocycles. The highest BCUT2D eigenvalue weighted by atomic mass is 35.5. The molecule has 1 aromatic heterocycles. The van der Waals surface area contributed by atoms with Crippen molar-refractivity contribution in [3.8, 4) is 0 Å². The van der Waals surface area contributed by atoms with Gasteiger partial charge in [0, 0.05) is 31.6 Å². The Bertz CT molecular complexity index is 664. The number of hydrogen-bond acceptors (Lipinski definition) is 3. The Hall–Kier alpha value is -1.03. The number of rotatable bonds is 1. The molecule has 0 amide bonds. The number of halogens is 2. The second kappa shape index (κ2) is 5.40. The normalized spacial score (nSPS) is 15.9. The lowest BCUT2D eigenvalue weighted by atomic mass is 10.1. The molecule has 20 heavy (non-hydrogen) atoms. The maximum Gasteiger partial charge on any atom is 0.0913 e. The summed E-state index contributed by atoms with van der Waals surface area (Å²) in [5.74, 6) is 0. The lowest BCUT2D eigenvalue weighted by molar-refractivity contribution is 0.590. The molecule has 3 rings (SSSR count). The molecule has 0 unspecified atom stereocenters. The number of piperazine rings is 1. The average Bonchev–Trinajstić information content (AvgIpc) is 2.42. The van der Waals surface area contributed by atoms with Gasteiger partial charge >= 0.3 is 0 Å². The van der Waals surface area contributed by atoms with E-state index < -0.39 is 0 Å². The molecule has 106 valence electrons. The molecule has 1 aliphatic heterocycles. The predicted octanol–water partition coefficient (Wildman–Crippen LogP) is 3.57. The Kier molecular flexibility index (Phi) is 3.76. The quantitative estimate of drug-likeness (QED) is 0.873. The van der Waals surface area contributed by atoms with Gasteiger partial charge in [0.25, 0.3) is 0 Å². The van der Waals surface area contributed by atoms with E-state index in [1.165, 1.54) is 0 Å². The number of anilines is 1. The number of benzene rings is 1. The van der Waals surface area contributed by atoms with Crippen LogP contribution in [0.2, 0.25) is 10.0 Å². The molecule has 2 heterocycles. The van der Waals surface area contributed by atoms with Gasteiger partial charge in [-0.1, -0.05) is 23.2 Å². The lowest BCUT2D eigenvalue weighted by Gasteiger charge is -2.31. The Morgan fingerprint density at radius 2 is 1.85 bits per heavy atom. The van der Waals surface area contributed by atoms with Crippen LogP contribution in [-0.4, -0.2) is 31.2 Å². The standard InChI is InChI=1S/C15H17Cl2N3/c1-9-7-11-14(12(16)8-9)19-10(2)13(17)15(11)20-5-3-18-4-6-20/h7-8,18H,3-6H2,1-2H3. The summed E-state index contributed by atoms with van der Waals surface area (Å²) in [6.07, 6.45) is 0. The highest BCUT2D eigenvalue weighted by molar-refractivity contribution is 6.38. The van der Waals surface area contributed by atoms with Crippen LogP contribution in [0.4, 0.5) is 5.69 Å². The van der Waals surface area contributed by atoms with Gasteiger partial charge in [0.1, 0.15) is 0 Å². The van der Waals surface area contributed by atoms with Crippen molar-refractivity contribution in [3.05, 3.63) is 33.4 Å². The first-order chi connectivity index (χ1) is 9.58. The van der Waals surface area contributed by atoms with E-state index in [9.17, 15) is 0 Å². The van der Waals surface area contributed by atoms with Crippen LogP contribution < -0.4 is 10.2 Å². The van der Waals surface area contributed by atoms with Gasteiger partial charge in [0.15, 0.2) is 0 Å². The summed E-state index contributed by atoms with van der Waals surface area (Å²) in [6.45, 7) is 7.81. The summed E-state index contributed by atoms with van der Waals surface area (Å²) >= 11 is 12.9. The highest BCUT2D eigenvalue weighted by Crippen LogP contribution is 2.38. The molecule has 1 N–H and O–H groups in total. The zero-order chi connectivity index (χ0) is 14.3. The lowest BCUT2D eigenvalue weighted by Crippen LogP contribution is -2.43. The van der Waals surface area contributed by atoms with Gasteiger partial charge in [-0.15, -0.1) is 0 Å². The van der Waals surface area contributed by atoms with Crippen molar-refractivity contribution in [2.24, 2.45) is 0 Å². The first kappa shape index (κ1) is 13.9. The molecule has 0 bridgehead atoms. The van der Waals surface area contributed by atoms with Crippen molar-refractivity contribution < 1.29 is 0 Å². The van der Waals surface area contributed by atoms with Gasteiger partial charge in [-0.3, -0.25) is 0 Å². The minimum atomic E-state index is 0.691. The van der Waals surface area contributed by atoms with E-state index in [1.54, 1.807) is 0 Å². The SMILES string of the molecule is Cc1cc(Cl)c2nc(C)c(Cl)c(N3CCNCC3)c2c1. The third-order valence-electron chi connectivity index (χ3n) is 3.70. The third kappa shape index (κ3) is 2.34. The fourth-order valence-corrected chi connectivity index (χ4v) is 3.31. The molecule has 5 heteroatoms. The van der Waals surface area contributed by atoms with Crippen LogP contribution in [0, 0.1) is 13.8 Å². The first-order valence-electron chi connectivity index (χ1n) is 6.79. The minimum Gasteiger partial charge on any atom is -0.367 e. The Morgan fingerprint density at radius 3 is 2.55 bits per heavy atom. The monoisotopic (exact) mass is 309 g/mol. The van der Waals surface area contributed by atoms with E-state index in [4.69, 9.17) is 23.2 Å². The average molecular weight is 310 g/mol. The topological polar surface area (TPSA) is 28.2 Å². The van der Waals surface area contributed by atoms with Crippen LogP contribution in [-0.2, 0) is 0 Å². The molecular weight excluding hydrogens is 293 g/mol. The summed E-state index contributed by atoms with van der Waals surface area (Å²) < 4.78 is 0. The fourth-order valence-electron chi connectivity index (χ4n) is 2.73. The fraction of sp³-hybridized carbons (Fsp3) is 0.400. The van der Waals surface area contributed by atoms with Crippen LogP contribution in [0.5, 0.6) is 0 Å². The molecule has 3 nitrogen and oxygen atoms in total. The Balaban J connectivity index is 2.29. The Labute approximate surface area is 128 Å². The molecule has 2 aromatic rings. The van der Waals surface area contributed by atoms with Crippen molar-refractivity contribution in [2.45, 2.75) is 13.8 Å². The maximum atomic E-state index is 6.54. The van der Waals surface area contributed by atoms with Gasteiger partial charge in [0.2, 0.25) is 0 Å². The van der Waals surface area contributed by atoms with Crippen LogP contribution in [0.1, 0.15) is 11.3 Å². The van der Waals surface area contributed by atoms with Crippen LogP contribution in [0.25, 0.3) is 10.9 Å². The first-order valence-corrected chi connectivity index (χ1v) is 7.55. The van der Waals surface area contributed by atoms with Gasteiger partial charge in [-0.25, -0.2) is 4.98 Å². The van der Waals surface area contributed by atoms with Crippen molar-refractivity contribution in [1.82, 2.24) is 10.3 Å². The molecule has 1 aliphatic rings. The molecule has 1 fully saturated rings. The molecule has 0 aliphatic carbocycles. The molecule has 0 atom stereocenters. The van der Waals surface area contributed by atoms with Crippen molar-refractivity contribution in [1.29, 1.82) is 0 Å². The van der Waals surface area contributed by atoms with Gasteiger partial charge in [-0.05, 0) is 31.5 Å². The van der Waals surface area contributed by atoms with Gasteiger partial charge in [-0.2, -0.15) is 0 Å². The van der Waals surface area contributed by atoms with Crippen LogP contribution in [0.3, 0.4) is 0 Å². The second-order valence-electron chi connectivity index (χ2n) is 5.24. The highest BCUT2D eigenvalue weighted by Gasteiger charge is 2.20. The molecule has 0 saturated carbocycles. The van der Waals surface area contributed by atoms with E-state index in [0.717, 1.165) is 59.0 Å². The predicted molar refractivity (Wildman–Crippen MR) is 86.3 cm³/mol. The summed E-state index contributed by atoms with van der Waals surface area (Å²) in [7, 11) is 0. The Morgan fingerprint density at radius 1 is 1.15 bits per heavy atom. The van der Waals surface area contributed by atoms with Gasteiger partial charge in [0.05, 0.1) is 26.9 Å². The second-order valence-corrected chi connectivity index (χ2v) is 6.02. The summed E-state index contributed by atoms with van der Waals surface area (Å²) in [6, 6.07) is 4.07. The minimum absolute atomic E-state index is 0.691. The number of fused-ring (bicyclic) bond motifs is 1. The summed E-state index contributed by atoms with van der Waals surface area (Å²) in [5, 5.41) is 5.84. The number of aryl methyl sites for hydroxylation is 2. The molecule has 1 aromatic carbocycles. The van der Waals surface area contributed by atoms with E-state index in [0.29, 0.717) is 5.02 Å². The van der Waals surface area contributed by atoms with Crippen molar-refractivity contribution >= 4 is 39.8 Å². The zero-order valence-electron chi connectivity index (χ0n) is 11.6. The van der Waals surface area contributed by atoms with Gasteiger partial charge < -0.3 is 10.2 Å². The third-order valence-corrected chi connectivity index (χ3v) is 4.44. The number of pyridine rings is 1. The zero-order valence-corrected chi connectivity index (χ0v) is 13.1. The summed E-state index contributed by atoms with van der Waals surface area (Å²) in [4.78, 5) is 6.89. The van der Waals surface area contributed by atoms with Crippen LogP contribution in [0.15, 0.2) is 12.1 Å². The smallest absolute Gasteiger partial charge is 0.0913 e. The number of nitrogens with zero attached hydrogens (tertiary/aromatic N) is 2. The van der Waals surface area contributed by atoms with E-state index in [1.807, 2.05) is 19.9 Å². The number of aromatic nitrogens is 1. The molecular formula is C15H17Cl2N3. The number of nitrogens with one attached hydrogen (secondary N) is 1. The van der Waals surface area contributed by atoms with Crippen molar-refractivity contribution in [3.63, 3.8) is 0 Å². The largest absolute Gasteiger partial charge is 0.367 e. The number of hydrogen-bond donors (Lipinski definition) is 1. The summed E-state index contributed by atoms with van der Waals surface area (Å²) in [5.41, 5.74) is 3.87. The van der Waals surface area contributed by atoms with E-state index in [2.05, 4.69) is 21.3 Å². The van der Waals surface area contributed by atoms with E-state index in [-0.39, 0.29) is 0 Å². The van der Waals surface area contributed by atoms with Crippen LogP contribution >= 0.6 is 23.2 Å².